The van der Waals surface area contributed by atoms with Crippen LogP contribution in [-0.4, -0.2) is 35.4 Å². The number of amides is 1. The number of rotatable bonds is 4. The predicted octanol–water partition coefficient (Wildman–Crippen LogP) is 2.25. The second-order valence-corrected chi connectivity index (χ2v) is 4.66. The Kier molecular flexibility index (Phi) is 4.21. The average Bonchev–Trinajstić information content (AvgIpc) is 2.90. The molecule has 0 aliphatic carbocycles. The summed E-state index contributed by atoms with van der Waals surface area (Å²) in [6.07, 6.45) is 2.04. The van der Waals surface area contributed by atoms with E-state index in [0.717, 1.165) is 25.9 Å². The number of likely N-dealkylation sites (tertiary alicyclic amines) is 1. The van der Waals surface area contributed by atoms with Gasteiger partial charge in [0.25, 0.3) is 11.6 Å². The highest BCUT2D eigenvalue weighted by Crippen LogP contribution is 2.28. The number of non-ortho nitro benzene ring substituents is 1. The third-order valence-corrected chi connectivity index (χ3v) is 3.23. The number of nitro groups is 1. The van der Waals surface area contributed by atoms with Crippen molar-refractivity contribution >= 4 is 23.2 Å². The number of carbonyl (C=O) groups is 1. The lowest BCUT2D eigenvalue weighted by Gasteiger charge is -2.15. The van der Waals surface area contributed by atoms with Crippen molar-refractivity contribution in [1.29, 1.82) is 0 Å². The van der Waals surface area contributed by atoms with Gasteiger partial charge in [0.1, 0.15) is 5.75 Å². The number of benzene rings is 1. The molecule has 0 aromatic heterocycles. The Morgan fingerprint density at radius 2 is 2.11 bits per heavy atom. The summed E-state index contributed by atoms with van der Waals surface area (Å²) >= 11 is 5.86. The summed E-state index contributed by atoms with van der Waals surface area (Å²) in [6, 6.07) is 3.90. The van der Waals surface area contributed by atoms with Gasteiger partial charge in [0, 0.05) is 25.2 Å². The van der Waals surface area contributed by atoms with E-state index in [2.05, 4.69) is 0 Å². The van der Waals surface area contributed by atoms with Gasteiger partial charge in [0.15, 0.2) is 6.61 Å². The van der Waals surface area contributed by atoms with Gasteiger partial charge in [-0.1, -0.05) is 11.6 Å². The van der Waals surface area contributed by atoms with Gasteiger partial charge in [-0.15, -0.1) is 0 Å². The molecule has 1 aliphatic rings. The van der Waals surface area contributed by atoms with Crippen molar-refractivity contribution in [3.05, 3.63) is 33.3 Å². The maximum absolute atomic E-state index is 11.8. The summed E-state index contributed by atoms with van der Waals surface area (Å²) in [6.45, 7) is 1.42. The average molecular weight is 285 g/mol. The first-order chi connectivity index (χ1) is 9.08. The predicted molar refractivity (Wildman–Crippen MR) is 69.4 cm³/mol. The fraction of sp³-hybridized carbons (Fsp3) is 0.417. The molecule has 1 amide bonds. The van der Waals surface area contributed by atoms with E-state index in [9.17, 15) is 14.9 Å². The molecule has 6 nitrogen and oxygen atoms in total. The maximum atomic E-state index is 11.8. The van der Waals surface area contributed by atoms with Crippen LogP contribution < -0.4 is 4.74 Å². The van der Waals surface area contributed by atoms with Gasteiger partial charge < -0.3 is 9.64 Å². The molecule has 19 heavy (non-hydrogen) atoms. The molecule has 1 saturated heterocycles. The van der Waals surface area contributed by atoms with Crippen LogP contribution in [0.1, 0.15) is 12.8 Å². The van der Waals surface area contributed by atoms with Crippen LogP contribution in [0.2, 0.25) is 5.02 Å². The molecule has 0 atom stereocenters. The summed E-state index contributed by atoms with van der Waals surface area (Å²) < 4.78 is 5.30. The van der Waals surface area contributed by atoms with E-state index in [0.29, 0.717) is 0 Å². The van der Waals surface area contributed by atoms with Crippen molar-refractivity contribution in [2.24, 2.45) is 0 Å². The van der Waals surface area contributed by atoms with E-state index in [-0.39, 0.29) is 29.0 Å². The number of carbonyl (C=O) groups excluding carboxylic acids is 1. The molecular weight excluding hydrogens is 272 g/mol. The van der Waals surface area contributed by atoms with Crippen molar-refractivity contribution in [2.45, 2.75) is 12.8 Å². The molecule has 0 unspecified atom stereocenters. The summed E-state index contributed by atoms with van der Waals surface area (Å²) in [5, 5.41) is 10.7. The summed E-state index contributed by atoms with van der Waals surface area (Å²) in [7, 11) is 0. The van der Waals surface area contributed by atoms with E-state index in [4.69, 9.17) is 16.3 Å². The van der Waals surface area contributed by atoms with Crippen LogP contribution in [0.4, 0.5) is 5.69 Å². The van der Waals surface area contributed by atoms with Crippen LogP contribution in [-0.2, 0) is 4.79 Å². The smallest absolute Gasteiger partial charge is 0.271 e. The third kappa shape index (κ3) is 3.35. The van der Waals surface area contributed by atoms with Crippen LogP contribution >= 0.6 is 11.6 Å². The molecule has 7 heteroatoms. The molecule has 0 radical (unpaired) electrons. The first-order valence-corrected chi connectivity index (χ1v) is 6.30. The van der Waals surface area contributed by atoms with Gasteiger partial charge in [-0.25, -0.2) is 0 Å². The number of hydrogen-bond acceptors (Lipinski definition) is 4. The van der Waals surface area contributed by atoms with E-state index < -0.39 is 4.92 Å². The largest absolute Gasteiger partial charge is 0.482 e. The second kappa shape index (κ2) is 5.88. The molecule has 1 heterocycles. The third-order valence-electron chi connectivity index (χ3n) is 2.94. The molecule has 0 bridgehead atoms. The van der Waals surface area contributed by atoms with E-state index in [1.807, 2.05) is 0 Å². The minimum absolute atomic E-state index is 0.0908. The number of nitro benzene ring substituents is 1. The molecular formula is C12H13ClN2O4. The highest BCUT2D eigenvalue weighted by atomic mass is 35.5. The molecule has 1 fully saturated rings. The monoisotopic (exact) mass is 284 g/mol. The molecule has 0 N–H and O–H groups in total. The topological polar surface area (TPSA) is 72.7 Å². The number of halogens is 1. The summed E-state index contributed by atoms with van der Waals surface area (Å²) in [4.78, 5) is 23.5. The fourth-order valence-corrected chi connectivity index (χ4v) is 2.15. The molecule has 1 aromatic carbocycles. The normalized spacial score (nSPS) is 14.5. The second-order valence-electron chi connectivity index (χ2n) is 4.25. The maximum Gasteiger partial charge on any atom is 0.271 e. The van der Waals surface area contributed by atoms with E-state index in [1.54, 1.807) is 4.90 Å². The van der Waals surface area contributed by atoms with Gasteiger partial charge in [0.2, 0.25) is 0 Å². The number of ether oxygens (including phenoxy) is 1. The first kappa shape index (κ1) is 13.6. The quantitative estimate of drug-likeness (QED) is 0.628. The van der Waals surface area contributed by atoms with Crippen molar-refractivity contribution in [3.8, 4) is 5.75 Å². The Morgan fingerprint density at radius 1 is 1.42 bits per heavy atom. The molecule has 0 spiro atoms. The van der Waals surface area contributed by atoms with Gasteiger partial charge in [0.05, 0.1) is 9.95 Å². The Labute approximate surface area is 115 Å². The molecule has 1 aromatic rings. The first-order valence-electron chi connectivity index (χ1n) is 5.92. The lowest BCUT2D eigenvalue weighted by molar-refractivity contribution is -0.384. The fourth-order valence-electron chi connectivity index (χ4n) is 1.92. The highest BCUT2D eigenvalue weighted by molar-refractivity contribution is 6.32. The molecule has 2 rings (SSSR count). The van der Waals surface area contributed by atoms with Crippen LogP contribution in [0, 0.1) is 10.1 Å². The van der Waals surface area contributed by atoms with Crippen LogP contribution in [0.5, 0.6) is 5.75 Å². The van der Waals surface area contributed by atoms with Crippen molar-refractivity contribution < 1.29 is 14.5 Å². The minimum Gasteiger partial charge on any atom is -0.482 e. The number of hydrogen-bond donors (Lipinski definition) is 0. The zero-order valence-corrected chi connectivity index (χ0v) is 10.9. The Balaban J connectivity index is 1.95. The van der Waals surface area contributed by atoms with Gasteiger partial charge in [-0.2, -0.15) is 0 Å². The van der Waals surface area contributed by atoms with E-state index in [1.165, 1.54) is 18.2 Å². The Bertz CT molecular complexity index is 501. The van der Waals surface area contributed by atoms with Crippen LogP contribution in [0.15, 0.2) is 18.2 Å². The van der Waals surface area contributed by atoms with E-state index >= 15 is 0 Å². The lowest BCUT2D eigenvalue weighted by Crippen LogP contribution is -2.32. The molecule has 102 valence electrons. The highest BCUT2D eigenvalue weighted by Gasteiger charge is 2.19. The van der Waals surface area contributed by atoms with Gasteiger partial charge in [-0.3, -0.25) is 14.9 Å². The van der Waals surface area contributed by atoms with Gasteiger partial charge >= 0.3 is 0 Å². The van der Waals surface area contributed by atoms with Crippen molar-refractivity contribution in [2.75, 3.05) is 19.7 Å². The minimum atomic E-state index is -0.537. The van der Waals surface area contributed by atoms with Crippen LogP contribution in [0.25, 0.3) is 0 Å². The lowest BCUT2D eigenvalue weighted by atomic mass is 10.3. The molecule has 1 aliphatic heterocycles. The SMILES string of the molecule is O=C(COc1ccc([N+](=O)[O-])cc1Cl)N1CCCC1. The zero-order chi connectivity index (χ0) is 13.8. The van der Waals surface area contributed by atoms with Crippen molar-refractivity contribution in [3.63, 3.8) is 0 Å². The van der Waals surface area contributed by atoms with Gasteiger partial charge in [-0.05, 0) is 18.9 Å². The Hall–Kier alpha value is -1.82. The standard InChI is InChI=1S/C12H13ClN2O4/c13-10-7-9(15(17)18)3-4-11(10)19-8-12(16)14-5-1-2-6-14/h3-4,7H,1-2,5-6,8H2. The zero-order valence-electron chi connectivity index (χ0n) is 10.2. The number of nitrogens with zero attached hydrogens (tertiary/aromatic N) is 2. The molecule has 0 saturated carbocycles. The Morgan fingerprint density at radius 3 is 2.68 bits per heavy atom. The van der Waals surface area contributed by atoms with Crippen LogP contribution in [0.3, 0.4) is 0 Å². The summed E-state index contributed by atoms with van der Waals surface area (Å²) in [5.41, 5.74) is -0.108. The van der Waals surface area contributed by atoms with Crippen molar-refractivity contribution in [1.82, 2.24) is 4.90 Å². The summed E-state index contributed by atoms with van der Waals surface area (Å²) in [5.74, 6) is 0.187.